The van der Waals surface area contributed by atoms with Gasteiger partial charge in [0.15, 0.2) is 6.17 Å². The van der Waals surface area contributed by atoms with Crippen molar-refractivity contribution in [1.29, 1.82) is 0 Å². The molecule has 13 amide bonds. The molecule has 1 aromatic heterocycles. The molecule has 604 valence electrons. The first-order valence-corrected chi connectivity index (χ1v) is 37.9. The Hall–Kier alpha value is -11.7. The van der Waals surface area contributed by atoms with Crippen LogP contribution in [0, 0.1) is 5.92 Å². The maximum absolute atomic E-state index is 15.4. The maximum atomic E-state index is 15.4. The molecule has 2 heterocycles. The number of aliphatic hydroxyl groups is 1. The van der Waals surface area contributed by atoms with Crippen LogP contribution in [0.5, 0.6) is 0 Å². The Bertz CT molecular complexity index is 4320. The van der Waals surface area contributed by atoms with Crippen molar-refractivity contribution in [3.05, 3.63) is 173 Å². The van der Waals surface area contributed by atoms with E-state index in [1.54, 1.807) is 74.5 Å². The van der Waals surface area contributed by atoms with Gasteiger partial charge in [0, 0.05) is 94.3 Å². The summed E-state index contributed by atoms with van der Waals surface area (Å²) in [6, 6.07) is 22.4. The number of likely N-dealkylation sites (tertiary alicyclic amines) is 1. The second-order valence-corrected chi connectivity index (χ2v) is 29.2. The number of carbonyl (C=O) groups excluding carboxylic acids is 13. The lowest BCUT2D eigenvalue weighted by Crippen LogP contribution is -2.64. The van der Waals surface area contributed by atoms with Gasteiger partial charge in [-0.15, -0.1) is 0 Å². The van der Waals surface area contributed by atoms with Crippen molar-refractivity contribution < 1.29 is 77.3 Å². The third-order valence-corrected chi connectivity index (χ3v) is 18.7. The lowest BCUT2D eigenvalue weighted by Gasteiger charge is -2.31. The number of aliphatic hydroxyl groups excluding tert-OH is 1. The van der Waals surface area contributed by atoms with Crippen LogP contribution in [0.3, 0.4) is 0 Å². The minimum absolute atomic E-state index is 0.00385. The van der Waals surface area contributed by atoms with Crippen LogP contribution in [-0.4, -0.2) is 189 Å². The largest absolute Gasteiger partial charge is 0.480 e. The van der Waals surface area contributed by atoms with Gasteiger partial charge in [-0.1, -0.05) is 124 Å². The van der Waals surface area contributed by atoms with Gasteiger partial charge in [0.2, 0.25) is 70.9 Å². The average molecular weight is 1580 g/mol. The van der Waals surface area contributed by atoms with Gasteiger partial charge in [-0.25, -0.2) is 0 Å². The number of aromatic nitrogens is 1. The van der Waals surface area contributed by atoms with E-state index in [1.807, 2.05) is 56.3 Å². The second kappa shape index (κ2) is 43.8. The molecule has 0 spiro atoms. The molecule has 1 aliphatic rings. The van der Waals surface area contributed by atoms with E-state index in [-0.39, 0.29) is 69.4 Å². The fraction of sp³-hybridized carbons (Fsp3) is 0.420. The predicted molar refractivity (Wildman–Crippen MR) is 422 cm³/mol. The summed E-state index contributed by atoms with van der Waals surface area (Å²) in [6.45, 7) is 12.1. The zero-order valence-corrected chi connectivity index (χ0v) is 65.2. The van der Waals surface area contributed by atoms with E-state index in [9.17, 15) is 53.4 Å². The Morgan fingerprint density at radius 1 is 0.487 bits per heavy atom. The van der Waals surface area contributed by atoms with E-state index in [0.29, 0.717) is 70.0 Å². The molecule has 5 aromatic carbocycles. The molecular formula is C81H102ClN15O16. The molecule has 1 fully saturated rings. The molecule has 0 bridgehead atoms. The first kappa shape index (κ1) is 88.5. The molecule has 10 atom stereocenters. The summed E-state index contributed by atoms with van der Waals surface area (Å²) < 4.78 is 0. The highest BCUT2D eigenvalue weighted by Crippen LogP contribution is 2.23. The van der Waals surface area contributed by atoms with Crippen LogP contribution in [0.15, 0.2) is 140 Å². The number of carboxylic acid groups (broad SMARTS) is 1. The molecule has 15 N–H and O–H groups in total. The monoisotopic (exact) mass is 1580 g/mol. The van der Waals surface area contributed by atoms with Crippen LogP contribution < -0.4 is 69.1 Å². The van der Waals surface area contributed by atoms with Crippen LogP contribution in [-0.2, 0) is 99.2 Å². The van der Waals surface area contributed by atoms with Crippen LogP contribution in [0.4, 0.5) is 11.4 Å². The summed E-state index contributed by atoms with van der Waals surface area (Å²) in [5, 5.41) is 56.8. The highest BCUT2D eigenvalue weighted by atomic mass is 35.5. The highest BCUT2D eigenvalue weighted by Gasteiger charge is 2.41. The Kier molecular flexibility index (Phi) is 34.3. The first-order chi connectivity index (χ1) is 53.8. The zero-order chi connectivity index (χ0) is 82.4. The van der Waals surface area contributed by atoms with E-state index >= 15 is 24.0 Å². The van der Waals surface area contributed by atoms with Gasteiger partial charge in [0.25, 0.3) is 5.91 Å². The predicted octanol–water partition coefficient (Wildman–Crippen LogP) is 3.08. The number of benzene rings is 5. The fourth-order valence-electron chi connectivity index (χ4n) is 12.8. The number of carbonyl (C=O) groups is 14. The molecule has 1 aliphatic heterocycles. The molecule has 113 heavy (non-hydrogen) atoms. The van der Waals surface area contributed by atoms with Crippen molar-refractivity contribution in [2.24, 2.45) is 5.92 Å². The standard InChI is InChI=1S/C81H102ClN15O16/c1-46(2)37-63(72(103)89-62(18-11-12-35-84-47(3)4)80(111)97-36-14-19-69(97)78(109)85-48(5)81(112)113)90-74(105)66(40-53-23-30-60(31-24-53)86-49(6)99)92-76(107)67(41-54-25-32-61(33-26-54)87-50(7)100)94-79(110)71(95-70(102)45-98)96-77(108)68(43-56-15-13-34-83-44-56)93-75(106)65(39-52-21-28-59(82)29-22-52)91-73(104)64(88-51(8)101)42-55-20-27-57-16-9-10-17-58(57)38-55/h9-10,13,15-17,20-34,38,44,46-48,62-69,71,84,98H,11-12,14,18-19,35-37,39-43,45H2,1-8H3,(H,85,109)(H,86,99)(H,87,100)(H,88,101)(H,89,103)(H,90,105)(H,91,104)(H,92,107)(H,93,106)(H,94,110)(H,95,102)(H,96,108)(H,112,113)/t48-,62+,63+,64-,65-,66-,67+,68-,69+,71+/m1/s1. The number of nitrogens with one attached hydrogen (secondary N) is 13. The van der Waals surface area contributed by atoms with Crippen LogP contribution in [0.2, 0.25) is 5.02 Å². The van der Waals surface area contributed by atoms with Crippen molar-refractivity contribution in [2.45, 2.75) is 193 Å². The van der Waals surface area contributed by atoms with Crippen molar-refractivity contribution in [3.63, 3.8) is 0 Å². The molecule has 6 aromatic rings. The Morgan fingerprint density at radius 2 is 0.956 bits per heavy atom. The number of hydrogen-bond acceptors (Lipinski definition) is 17. The van der Waals surface area contributed by atoms with Crippen LogP contribution in [0.1, 0.15) is 122 Å². The number of anilines is 2. The van der Waals surface area contributed by atoms with Crippen LogP contribution >= 0.6 is 11.6 Å². The molecule has 0 unspecified atom stereocenters. The minimum atomic E-state index is -2.18. The van der Waals surface area contributed by atoms with Gasteiger partial charge in [-0.3, -0.25) is 72.1 Å². The summed E-state index contributed by atoms with van der Waals surface area (Å²) in [5.74, 6) is -12.3. The lowest BCUT2D eigenvalue weighted by atomic mass is 9.99. The molecule has 1 saturated heterocycles. The van der Waals surface area contributed by atoms with Gasteiger partial charge in [0.1, 0.15) is 61.0 Å². The van der Waals surface area contributed by atoms with E-state index in [4.69, 9.17) is 11.6 Å². The summed E-state index contributed by atoms with van der Waals surface area (Å²) in [7, 11) is 0. The van der Waals surface area contributed by atoms with E-state index in [1.165, 1.54) is 69.3 Å². The highest BCUT2D eigenvalue weighted by molar-refractivity contribution is 6.30. The molecule has 31 nitrogen and oxygen atoms in total. The second-order valence-electron chi connectivity index (χ2n) is 28.7. The number of aliphatic carboxylic acids is 1. The average Bonchev–Trinajstić information content (AvgIpc) is 1.76. The molecule has 7 rings (SSSR count). The fourth-order valence-corrected chi connectivity index (χ4v) is 12.9. The Labute approximate surface area is 660 Å². The van der Waals surface area contributed by atoms with Crippen molar-refractivity contribution in [2.75, 3.05) is 30.3 Å². The van der Waals surface area contributed by atoms with Crippen molar-refractivity contribution >= 4 is 117 Å². The van der Waals surface area contributed by atoms with Gasteiger partial charge >= 0.3 is 5.97 Å². The number of nitrogens with zero attached hydrogens (tertiary/aromatic N) is 2. The van der Waals surface area contributed by atoms with Crippen LogP contribution in [0.25, 0.3) is 10.8 Å². The molecule has 0 radical (unpaired) electrons. The van der Waals surface area contributed by atoms with Crippen molar-refractivity contribution in [1.82, 2.24) is 68.4 Å². The quantitative estimate of drug-likeness (QED) is 0.0194. The Morgan fingerprint density at radius 3 is 1.45 bits per heavy atom. The van der Waals surface area contributed by atoms with E-state index < -0.39 is 150 Å². The lowest BCUT2D eigenvalue weighted by molar-refractivity contribution is -0.144. The zero-order valence-electron chi connectivity index (χ0n) is 64.5. The number of halogens is 1. The number of unbranched alkanes of at least 4 members (excludes halogenated alkanes) is 1. The number of amides is 13. The topological polar surface area (TPSA) is 452 Å². The number of carboxylic acids is 1. The van der Waals surface area contributed by atoms with Gasteiger partial charge in [-0.05, 0) is 139 Å². The molecule has 0 saturated carbocycles. The number of hydrogen-bond donors (Lipinski definition) is 15. The summed E-state index contributed by atoms with van der Waals surface area (Å²) in [4.78, 5) is 201. The smallest absolute Gasteiger partial charge is 0.325 e. The summed E-state index contributed by atoms with van der Waals surface area (Å²) in [6.07, 6.45) is 1.13. The Balaban J connectivity index is 1.21. The third-order valence-electron chi connectivity index (χ3n) is 18.4. The first-order valence-electron chi connectivity index (χ1n) is 37.5. The SMILES string of the molecule is CC(=O)Nc1ccc(C[C@H](NC(=O)[C@@H](NC(=O)CO)NC(=O)[C@@H](Cc2cccnc2)NC(=O)[C@@H](Cc2ccc(Cl)cc2)NC(=O)[C@@H](Cc2ccc3ccccc3c2)NC(C)=O)C(=O)N[C@H](Cc2ccc(NC(C)=O)cc2)C(=O)N[C@@H](CC(C)C)C(=O)N[C@@H](CCCCNC(C)C)C(=O)N2CCC[C@H]2C(=O)N[C@H](C)C(=O)O)cc1. The minimum Gasteiger partial charge on any atom is -0.480 e. The number of fused-ring (bicyclic) bond motifs is 1. The maximum Gasteiger partial charge on any atom is 0.325 e. The molecular weight excluding hydrogens is 1470 g/mol. The molecule has 32 heteroatoms. The van der Waals surface area contributed by atoms with Crippen molar-refractivity contribution in [3.8, 4) is 0 Å². The summed E-state index contributed by atoms with van der Waals surface area (Å²) in [5.41, 5.74) is 3.04. The normalized spacial score (nSPS) is 14.9. The van der Waals surface area contributed by atoms with E-state index in [2.05, 4.69) is 74.1 Å². The van der Waals surface area contributed by atoms with Gasteiger partial charge in [-0.2, -0.15) is 0 Å². The third kappa shape index (κ3) is 29.2. The number of rotatable bonds is 41. The molecule has 0 aliphatic carbocycles. The van der Waals surface area contributed by atoms with Gasteiger partial charge < -0.3 is 84.2 Å². The summed E-state index contributed by atoms with van der Waals surface area (Å²) >= 11 is 6.27. The van der Waals surface area contributed by atoms with E-state index in [0.717, 1.165) is 10.8 Å². The number of pyridine rings is 1. The van der Waals surface area contributed by atoms with Gasteiger partial charge in [0.05, 0.1) is 0 Å².